The van der Waals surface area contributed by atoms with E-state index in [0.717, 1.165) is 25.8 Å². The van der Waals surface area contributed by atoms with Crippen molar-refractivity contribution < 1.29 is 5.21 Å². The van der Waals surface area contributed by atoms with Gasteiger partial charge in [0.25, 0.3) is 0 Å². The minimum Gasteiger partial charge on any atom is -0.409 e. The standard InChI is InChI=1S/C15H23N3O/c1-2-13(12-6-4-3-5-7-12)17-11-15(8-9-15)10-14(16)18-19/h3-7,13,17,19H,2,8-11H2,1H3,(H2,16,18). The molecule has 0 radical (unpaired) electrons. The van der Waals surface area contributed by atoms with Crippen LogP contribution < -0.4 is 11.1 Å². The van der Waals surface area contributed by atoms with E-state index < -0.39 is 0 Å². The molecule has 1 aliphatic carbocycles. The van der Waals surface area contributed by atoms with Crippen LogP contribution in [-0.4, -0.2) is 17.6 Å². The molecule has 2 rings (SSSR count). The Bertz CT molecular complexity index is 426. The van der Waals surface area contributed by atoms with Gasteiger partial charge in [-0.15, -0.1) is 0 Å². The highest BCUT2D eigenvalue weighted by molar-refractivity contribution is 5.80. The summed E-state index contributed by atoms with van der Waals surface area (Å²) in [5, 5.41) is 15.4. The number of amidine groups is 1. The molecular weight excluding hydrogens is 238 g/mol. The number of nitrogens with one attached hydrogen (secondary N) is 1. The highest BCUT2D eigenvalue weighted by atomic mass is 16.4. The van der Waals surface area contributed by atoms with E-state index in [4.69, 9.17) is 10.9 Å². The van der Waals surface area contributed by atoms with Crippen molar-refractivity contribution in [3.63, 3.8) is 0 Å². The van der Waals surface area contributed by atoms with Gasteiger partial charge in [0.15, 0.2) is 0 Å². The van der Waals surface area contributed by atoms with Gasteiger partial charge in [0.1, 0.15) is 5.84 Å². The smallest absolute Gasteiger partial charge is 0.139 e. The monoisotopic (exact) mass is 261 g/mol. The lowest BCUT2D eigenvalue weighted by molar-refractivity contribution is 0.313. The lowest BCUT2D eigenvalue weighted by Gasteiger charge is -2.22. The number of nitrogens with zero attached hydrogens (tertiary/aromatic N) is 1. The first kappa shape index (κ1) is 13.9. The van der Waals surface area contributed by atoms with Gasteiger partial charge in [-0.25, -0.2) is 0 Å². The van der Waals surface area contributed by atoms with Crippen LogP contribution in [0.3, 0.4) is 0 Å². The Hall–Kier alpha value is -1.55. The Morgan fingerprint density at radius 2 is 2.11 bits per heavy atom. The maximum atomic E-state index is 8.67. The molecular formula is C15H23N3O. The first-order chi connectivity index (χ1) is 9.19. The van der Waals surface area contributed by atoms with Crippen molar-refractivity contribution >= 4 is 5.84 Å². The fourth-order valence-electron chi connectivity index (χ4n) is 2.54. The molecule has 1 atom stereocenters. The van der Waals surface area contributed by atoms with E-state index in [0.29, 0.717) is 18.3 Å². The van der Waals surface area contributed by atoms with Crippen molar-refractivity contribution in [1.82, 2.24) is 5.32 Å². The van der Waals surface area contributed by atoms with Crippen LogP contribution in [-0.2, 0) is 0 Å². The number of nitrogens with two attached hydrogens (primary N) is 1. The average Bonchev–Trinajstić information content (AvgIpc) is 3.20. The second-order valence-corrected chi connectivity index (χ2v) is 5.52. The predicted molar refractivity (Wildman–Crippen MR) is 77.2 cm³/mol. The lowest BCUT2D eigenvalue weighted by atomic mass is 9.99. The number of rotatable bonds is 7. The van der Waals surface area contributed by atoms with E-state index in [9.17, 15) is 0 Å². The third-order valence-corrected chi connectivity index (χ3v) is 3.98. The summed E-state index contributed by atoms with van der Waals surface area (Å²) in [6.45, 7) is 3.12. The minimum absolute atomic E-state index is 0.207. The van der Waals surface area contributed by atoms with E-state index >= 15 is 0 Å². The Kier molecular flexibility index (Phi) is 4.43. The van der Waals surface area contributed by atoms with Crippen molar-refractivity contribution in [3.8, 4) is 0 Å². The molecule has 1 aromatic rings. The molecule has 0 aliphatic heterocycles. The van der Waals surface area contributed by atoms with Gasteiger partial charge in [0.05, 0.1) is 0 Å². The van der Waals surface area contributed by atoms with Gasteiger partial charge in [-0.3, -0.25) is 0 Å². The minimum atomic E-state index is 0.207. The summed E-state index contributed by atoms with van der Waals surface area (Å²) >= 11 is 0. The van der Waals surface area contributed by atoms with Crippen LogP contribution in [0.25, 0.3) is 0 Å². The number of hydrogen-bond donors (Lipinski definition) is 3. The molecule has 4 heteroatoms. The van der Waals surface area contributed by atoms with Gasteiger partial charge in [-0.1, -0.05) is 42.4 Å². The number of oxime groups is 1. The Labute approximate surface area is 114 Å². The highest BCUT2D eigenvalue weighted by Crippen LogP contribution is 2.48. The van der Waals surface area contributed by atoms with Crippen LogP contribution in [0, 0.1) is 5.41 Å². The molecule has 0 amide bonds. The molecule has 1 unspecified atom stereocenters. The normalized spacial score (nSPS) is 19.1. The second-order valence-electron chi connectivity index (χ2n) is 5.52. The predicted octanol–water partition coefficient (Wildman–Crippen LogP) is 2.64. The zero-order valence-electron chi connectivity index (χ0n) is 11.5. The SMILES string of the molecule is CCC(NCC1(CC(N)=NO)CC1)c1ccccc1. The van der Waals surface area contributed by atoms with E-state index in [1.165, 1.54) is 5.56 Å². The summed E-state index contributed by atoms with van der Waals surface area (Å²) in [7, 11) is 0. The lowest BCUT2D eigenvalue weighted by Crippen LogP contribution is -2.31. The van der Waals surface area contributed by atoms with Crippen molar-refractivity contribution in [2.24, 2.45) is 16.3 Å². The maximum Gasteiger partial charge on any atom is 0.139 e. The Morgan fingerprint density at radius 3 is 2.63 bits per heavy atom. The summed E-state index contributed by atoms with van der Waals surface area (Å²) in [4.78, 5) is 0. The van der Waals surface area contributed by atoms with Gasteiger partial charge >= 0.3 is 0 Å². The average molecular weight is 261 g/mol. The quantitative estimate of drug-likeness (QED) is 0.306. The van der Waals surface area contributed by atoms with E-state index in [2.05, 4.69) is 41.7 Å². The Morgan fingerprint density at radius 1 is 1.42 bits per heavy atom. The molecule has 4 N–H and O–H groups in total. The molecule has 1 fully saturated rings. The van der Waals surface area contributed by atoms with E-state index in [1.54, 1.807) is 0 Å². The molecule has 19 heavy (non-hydrogen) atoms. The summed E-state index contributed by atoms with van der Waals surface area (Å²) in [6, 6.07) is 10.9. The molecule has 1 saturated carbocycles. The van der Waals surface area contributed by atoms with Crippen LogP contribution in [0.1, 0.15) is 44.2 Å². The van der Waals surface area contributed by atoms with Crippen molar-refractivity contribution in [3.05, 3.63) is 35.9 Å². The second kappa shape index (κ2) is 6.06. The molecule has 0 spiro atoms. The number of hydrogen-bond acceptors (Lipinski definition) is 3. The van der Waals surface area contributed by atoms with Gasteiger partial charge in [-0.05, 0) is 30.2 Å². The van der Waals surface area contributed by atoms with E-state index in [1.807, 2.05) is 6.07 Å². The van der Waals surface area contributed by atoms with Crippen LogP contribution in [0.4, 0.5) is 0 Å². The zero-order valence-corrected chi connectivity index (χ0v) is 11.5. The molecule has 0 heterocycles. The molecule has 4 nitrogen and oxygen atoms in total. The fourth-order valence-corrected chi connectivity index (χ4v) is 2.54. The fraction of sp³-hybridized carbons (Fsp3) is 0.533. The molecule has 1 aliphatic rings. The molecule has 104 valence electrons. The number of benzene rings is 1. The van der Waals surface area contributed by atoms with Crippen molar-refractivity contribution in [2.45, 2.75) is 38.6 Å². The molecule has 1 aromatic carbocycles. The highest BCUT2D eigenvalue weighted by Gasteiger charge is 2.43. The zero-order chi connectivity index (χ0) is 13.7. The maximum absolute atomic E-state index is 8.67. The third kappa shape index (κ3) is 3.70. The van der Waals surface area contributed by atoms with Crippen molar-refractivity contribution in [1.29, 1.82) is 0 Å². The topological polar surface area (TPSA) is 70.6 Å². The summed E-state index contributed by atoms with van der Waals surface area (Å²) in [5.74, 6) is 0.340. The Balaban J connectivity index is 1.90. The van der Waals surface area contributed by atoms with Crippen molar-refractivity contribution in [2.75, 3.05) is 6.54 Å². The van der Waals surface area contributed by atoms with Crippen LogP contribution in [0.2, 0.25) is 0 Å². The van der Waals surface area contributed by atoms with E-state index in [-0.39, 0.29) is 5.41 Å². The largest absolute Gasteiger partial charge is 0.409 e. The molecule has 0 bridgehead atoms. The van der Waals surface area contributed by atoms with Gasteiger partial charge < -0.3 is 16.3 Å². The van der Waals surface area contributed by atoms with Crippen LogP contribution >= 0.6 is 0 Å². The van der Waals surface area contributed by atoms with Crippen LogP contribution in [0.5, 0.6) is 0 Å². The first-order valence-corrected chi connectivity index (χ1v) is 6.94. The third-order valence-electron chi connectivity index (χ3n) is 3.98. The molecule has 0 saturated heterocycles. The van der Waals surface area contributed by atoms with Gasteiger partial charge in [0, 0.05) is 19.0 Å². The van der Waals surface area contributed by atoms with Crippen LogP contribution in [0.15, 0.2) is 35.5 Å². The van der Waals surface area contributed by atoms with Gasteiger partial charge in [0.2, 0.25) is 0 Å². The summed E-state index contributed by atoms with van der Waals surface area (Å²) in [5.41, 5.74) is 7.15. The molecule has 0 aromatic heterocycles. The first-order valence-electron chi connectivity index (χ1n) is 6.94. The summed E-state index contributed by atoms with van der Waals surface area (Å²) in [6.07, 6.45) is 4.05. The summed E-state index contributed by atoms with van der Waals surface area (Å²) < 4.78 is 0. The van der Waals surface area contributed by atoms with Gasteiger partial charge in [-0.2, -0.15) is 0 Å².